The van der Waals surface area contributed by atoms with Crippen LogP contribution in [-0.2, 0) is 0 Å². The second-order valence-electron chi connectivity index (χ2n) is 4.12. The lowest BCUT2D eigenvalue weighted by atomic mass is 10.1. The smallest absolute Gasteiger partial charge is 0.273 e. The molecule has 1 aliphatic heterocycles. The fraction of sp³-hybridized carbons (Fsp3) is 0.0714. The molecule has 0 bridgehead atoms. The van der Waals surface area contributed by atoms with Gasteiger partial charge in [0, 0.05) is 6.07 Å². The first kappa shape index (κ1) is 11.4. The third-order valence-corrected chi connectivity index (χ3v) is 2.88. The van der Waals surface area contributed by atoms with Crippen molar-refractivity contribution in [2.24, 2.45) is 4.99 Å². The average molecular weight is 254 g/mol. The molecule has 94 valence electrons. The number of non-ortho nitro benzene ring substituents is 1. The Morgan fingerprint density at radius 2 is 1.95 bits per heavy atom. The summed E-state index contributed by atoms with van der Waals surface area (Å²) in [6.07, 6.45) is 0. The van der Waals surface area contributed by atoms with Crippen molar-refractivity contribution in [3.63, 3.8) is 0 Å². The zero-order valence-corrected chi connectivity index (χ0v) is 9.95. The number of hydrogen-bond donors (Lipinski definition) is 0. The van der Waals surface area contributed by atoms with Gasteiger partial charge in [-0.2, -0.15) is 0 Å². The number of aliphatic imine (C=N–C) groups is 1. The van der Waals surface area contributed by atoms with Gasteiger partial charge in [-0.15, -0.1) is 0 Å². The van der Waals surface area contributed by atoms with E-state index in [0.29, 0.717) is 18.0 Å². The van der Waals surface area contributed by atoms with Gasteiger partial charge < -0.3 is 4.74 Å². The molecule has 0 saturated carbocycles. The summed E-state index contributed by atoms with van der Waals surface area (Å²) in [5.41, 5.74) is 2.45. The molecule has 2 aromatic rings. The van der Waals surface area contributed by atoms with Crippen LogP contribution >= 0.6 is 0 Å². The first-order chi connectivity index (χ1) is 9.24. The fourth-order valence-corrected chi connectivity index (χ4v) is 1.93. The molecule has 0 saturated heterocycles. The molecule has 0 aliphatic carbocycles. The van der Waals surface area contributed by atoms with Gasteiger partial charge in [-0.25, -0.2) is 4.99 Å². The van der Waals surface area contributed by atoms with Gasteiger partial charge in [0.2, 0.25) is 0 Å². The van der Waals surface area contributed by atoms with Crippen LogP contribution < -0.4 is 4.74 Å². The number of hydrogen-bond acceptors (Lipinski definition) is 4. The van der Waals surface area contributed by atoms with Crippen LogP contribution in [0.2, 0.25) is 0 Å². The van der Waals surface area contributed by atoms with Crippen LogP contribution in [-0.4, -0.2) is 17.2 Å². The van der Waals surface area contributed by atoms with E-state index in [-0.39, 0.29) is 5.69 Å². The Labute approximate surface area is 109 Å². The summed E-state index contributed by atoms with van der Waals surface area (Å²) in [4.78, 5) is 14.7. The predicted molar refractivity (Wildman–Crippen MR) is 71.2 cm³/mol. The molecule has 0 spiro atoms. The van der Waals surface area contributed by atoms with Gasteiger partial charge in [0.25, 0.3) is 5.69 Å². The monoisotopic (exact) mass is 254 g/mol. The number of rotatable bonds is 2. The van der Waals surface area contributed by atoms with Crippen LogP contribution in [0.5, 0.6) is 5.75 Å². The largest absolute Gasteiger partial charge is 0.485 e. The van der Waals surface area contributed by atoms with E-state index in [1.54, 1.807) is 6.07 Å². The van der Waals surface area contributed by atoms with Crippen LogP contribution in [0, 0.1) is 10.1 Å². The Hall–Kier alpha value is -2.69. The average Bonchev–Trinajstić information content (AvgIpc) is 2.47. The van der Waals surface area contributed by atoms with Gasteiger partial charge in [-0.05, 0) is 11.6 Å². The Kier molecular flexibility index (Phi) is 2.72. The number of ether oxygens (including phenoxy) is 1. The van der Waals surface area contributed by atoms with E-state index in [1.165, 1.54) is 12.1 Å². The summed E-state index contributed by atoms with van der Waals surface area (Å²) >= 11 is 0. The van der Waals surface area contributed by atoms with Crippen LogP contribution in [0.25, 0.3) is 0 Å². The molecule has 3 rings (SSSR count). The molecule has 0 fully saturated rings. The number of nitrogens with zero attached hydrogens (tertiary/aromatic N) is 2. The van der Waals surface area contributed by atoms with Gasteiger partial charge in [0.1, 0.15) is 12.3 Å². The van der Waals surface area contributed by atoms with Crippen molar-refractivity contribution in [2.45, 2.75) is 0 Å². The molecule has 1 heterocycles. The quantitative estimate of drug-likeness (QED) is 0.611. The maximum atomic E-state index is 10.7. The van der Waals surface area contributed by atoms with Crippen molar-refractivity contribution in [1.82, 2.24) is 0 Å². The highest BCUT2D eigenvalue weighted by Crippen LogP contribution is 2.34. The highest BCUT2D eigenvalue weighted by atomic mass is 16.6. The summed E-state index contributed by atoms with van der Waals surface area (Å²) in [5, 5.41) is 10.7. The van der Waals surface area contributed by atoms with E-state index in [2.05, 4.69) is 4.99 Å². The van der Waals surface area contributed by atoms with Crippen molar-refractivity contribution >= 4 is 17.1 Å². The van der Waals surface area contributed by atoms with Crippen LogP contribution in [0.3, 0.4) is 0 Å². The van der Waals surface area contributed by atoms with Crippen LogP contribution in [0.1, 0.15) is 5.56 Å². The van der Waals surface area contributed by atoms with Crippen molar-refractivity contribution in [1.29, 1.82) is 0 Å². The minimum Gasteiger partial charge on any atom is -0.485 e. The van der Waals surface area contributed by atoms with Gasteiger partial charge >= 0.3 is 0 Å². The Morgan fingerprint density at radius 3 is 2.68 bits per heavy atom. The first-order valence-electron chi connectivity index (χ1n) is 5.78. The summed E-state index contributed by atoms with van der Waals surface area (Å²) in [7, 11) is 0. The second-order valence-corrected chi connectivity index (χ2v) is 4.12. The summed E-state index contributed by atoms with van der Waals surface area (Å²) in [6, 6.07) is 14.2. The number of fused-ring (bicyclic) bond motifs is 1. The van der Waals surface area contributed by atoms with Crippen LogP contribution in [0.15, 0.2) is 53.5 Å². The minimum atomic E-state index is -0.444. The summed E-state index contributed by atoms with van der Waals surface area (Å²) in [6.45, 7) is 0.318. The molecule has 1 aliphatic rings. The third-order valence-electron chi connectivity index (χ3n) is 2.88. The molecule has 19 heavy (non-hydrogen) atoms. The standard InChI is InChI=1S/C14H10N2O3/c17-16(18)11-6-7-12-14(8-11)19-9-13(15-12)10-4-2-1-3-5-10/h1-8H,9H2. The molecular weight excluding hydrogens is 244 g/mol. The normalized spacial score (nSPS) is 13.2. The Bertz CT molecular complexity index is 666. The number of nitro groups is 1. The van der Waals surface area contributed by atoms with Gasteiger partial charge in [-0.3, -0.25) is 10.1 Å². The van der Waals surface area contributed by atoms with Crippen molar-refractivity contribution in [2.75, 3.05) is 6.61 Å². The zero-order valence-electron chi connectivity index (χ0n) is 9.95. The van der Waals surface area contributed by atoms with Crippen LogP contribution in [0.4, 0.5) is 11.4 Å². The Morgan fingerprint density at radius 1 is 1.16 bits per heavy atom. The predicted octanol–water partition coefficient (Wildman–Crippen LogP) is 3.11. The SMILES string of the molecule is O=[N+]([O-])c1ccc2c(c1)OCC(c1ccccc1)=N2. The lowest BCUT2D eigenvalue weighted by Gasteiger charge is -2.16. The van der Waals surface area contributed by atoms with Crippen molar-refractivity contribution < 1.29 is 9.66 Å². The molecule has 0 atom stereocenters. The van der Waals surface area contributed by atoms with Gasteiger partial charge in [0.05, 0.1) is 16.7 Å². The maximum absolute atomic E-state index is 10.7. The molecule has 0 unspecified atom stereocenters. The third kappa shape index (κ3) is 2.18. The van der Waals surface area contributed by atoms with E-state index >= 15 is 0 Å². The van der Waals surface area contributed by atoms with Gasteiger partial charge in [-0.1, -0.05) is 30.3 Å². The molecule has 0 aromatic heterocycles. The molecule has 5 nitrogen and oxygen atoms in total. The lowest BCUT2D eigenvalue weighted by Crippen LogP contribution is -2.16. The Balaban J connectivity index is 2.00. The molecule has 2 aromatic carbocycles. The van der Waals surface area contributed by atoms with Crippen molar-refractivity contribution in [3.05, 3.63) is 64.2 Å². The molecule has 5 heteroatoms. The van der Waals surface area contributed by atoms with E-state index in [4.69, 9.17) is 4.74 Å². The van der Waals surface area contributed by atoms with E-state index < -0.39 is 4.92 Å². The molecule has 0 amide bonds. The van der Waals surface area contributed by atoms with Gasteiger partial charge in [0.15, 0.2) is 5.75 Å². The molecular formula is C14H10N2O3. The zero-order chi connectivity index (χ0) is 13.2. The second kappa shape index (κ2) is 4.53. The summed E-state index contributed by atoms with van der Waals surface area (Å²) in [5.74, 6) is 0.453. The fourth-order valence-electron chi connectivity index (χ4n) is 1.93. The lowest BCUT2D eigenvalue weighted by molar-refractivity contribution is -0.384. The van der Waals surface area contributed by atoms with Crippen molar-refractivity contribution in [3.8, 4) is 5.75 Å². The topological polar surface area (TPSA) is 64.7 Å². The maximum Gasteiger partial charge on any atom is 0.273 e. The van der Waals surface area contributed by atoms with E-state index in [9.17, 15) is 10.1 Å². The minimum absolute atomic E-state index is 0.0112. The molecule has 0 N–H and O–H groups in total. The highest BCUT2D eigenvalue weighted by Gasteiger charge is 2.17. The highest BCUT2D eigenvalue weighted by molar-refractivity contribution is 6.04. The van der Waals surface area contributed by atoms with E-state index in [0.717, 1.165) is 11.3 Å². The molecule has 0 radical (unpaired) electrons. The number of benzene rings is 2. The van der Waals surface area contributed by atoms with E-state index in [1.807, 2.05) is 30.3 Å². The first-order valence-corrected chi connectivity index (χ1v) is 5.78. The summed E-state index contributed by atoms with van der Waals surface area (Å²) < 4.78 is 5.55. The number of nitro benzene ring substituents is 1.